The Morgan fingerprint density at radius 2 is 1.31 bits per heavy atom. The van der Waals surface area contributed by atoms with Crippen molar-refractivity contribution in [2.45, 2.75) is 0 Å². The lowest BCUT2D eigenvalue weighted by Crippen LogP contribution is -2.19. The Labute approximate surface area is 73.0 Å². The minimum atomic E-state index is -4.53. The van der Waals surface area contributed by atoms with E-state index in [4.69, 9.17) is 10.2 Å². The third-order valence-electron chi connectivity index (χ3n) is 0.653. The fourth-order valence-electron chi connectivity index (χ4n) is 0.279. The molecule has 2 N–H and O–H groups in total. The summed E-state index contributed by atoms with van der Waals surface area (Å²) in [5, 5.41) is 16.0. The SMILES string of the molecule is O=C(O)COS(=O)(=O)OCC(=O)O. The van der Waals surface area contributed by atoms with Crippen LogP contribution < -0.4 is 0 Å². The van der Waals surface area contributed by atoms with Gasteiger partial charge in [0.2, 0.25) is 0 Å². The predicted octanol–water partition coefficient (Wildman–Crippen LogP) is -1.57. The molecular formula is C4H6O8S. The van der Waals surface area contributed by atoms with E-state index in [2.05, 4.69) is 8.37 Å². The largest absolute Gasteiger partial charge is 0.479 e. The smallest absolute Gasteiger partial charge is 0.400 e. The maximum Gasteiger partial charge on any atom is 0.400 e. The van der Waals surface area contributed by atoms with Crippen molar-refractivity contribution in [2.75, 3.05) is 13.2 Å². The molecule has 76 valence electrons. The van der Waals surface area contributed by atoms with Gasteiger partial charge in [0.25, 0.3) is 0 Å². The van der Waals surface area contributed by atoms with Crippen molar-refractivity contribution >= 4 is 22.3 Å². The van der Waals surface area contributed by atoms with Crippen LogP contribution in [-0.2, 0) is 28.4 Å². The van der Waals surface area contributed by atoms with Crippen LogP contribution in [0.25, 0.3) is 0 Å². The summed E-state index contributed by atoms with van der Waals surface area (Å²) in [4.78, 5) is 19.6. The van der Waals surface area contributed by atoms with E-state index in [0.717, 1.165) is 0 Å². The molecule has 0 aromatic heterocycles. The van der Waals surface area contributed by atoms with Gasteiger partial charge in [-0.15, -0.1) is 0 Å². The number of hydrogen-bond acceptors (Lipinski definition) is 6. The second kappa shape index (κ2) is 4.74. The van der Waals surface area contributed by atoms with Crippen LogP contribution in [-0.4, -0.2) is 43.8 Å². The highest BCUT2D eigenvalue weighted by Gasteiger charge is 2.15. The highest BCUT2D eigenvalue weighted by Crippen LogP contribution is 1.94. The van der Waals surface area contributed by atoms with Crippen molar-refractivity contribution in [1.82, 2.24) is 0 Å². The Hall–Kier alpha value is -1.19. The second-order valence-electron chi connectivity index (χ2n) is 1.72. The molecule has 0 bridgehead atoms. The van der Waals surface area contributed by atoms with E-state index in [0.29, 0.717) is 0 Å². The molecule has 0 saturated carbocycles. The topological polar surface area (TPSA) is 127 Å². The fourth-order valence-corrected chi connectivity index (χ4v) is 0.838. The zero-order valence-corrected chi connectivity index (χ0v) is 6.98. The molecular weight excluding hydrogens is 208 g/mol. The Morgan fingerprint density at radius 3 is 1.54 bits per heavy atom. The molecule has 0 aliphatic heterocycles. The second-order valence-corrected chi connectivity index (χ2v) is 3.01. The lowest BCUT2D eigenvalue weighted by molar-refractivity contribution is -0.139. The van der Waals surface area contributed by atoms with Crippen molar-refractivity contribution in [3.05, 3.63) is 0 Å². The van der Waals surface area contributed by atoms with Crippen LogP contribution in [0.3, 0.4) is 0 Å². The van der Waals surface area contributed by atoms with Crippen molar-refractivity contribution in [2.24, 2.45) is 0 Å². The van der Waals surface area contributed by atoms with Crippen LogP contribution in [0.1, 0.15) is 0 Å². The third kappa shape index (κ3) is 7.18. The maximum atomic E-state index is 10.5. The molecule has 0 atom stereocenters. The number of hydrogen-bond donors (Lipinski definition) is 2. The van der Waals surface area contributed by atoms with Crippen molar-refractivity contribution < 1.29 is 36.6 Å². The summed E-state index contributed by atoms with van der Waals surface area (Å²) in [5.74, 6) is -3.02. The number of carbonyl (C=O) groups is 2. The first-order valence-electron chi connectivity index (χ1n) is 2.81. The minimum Gasteiger partial charge on any atom is -0.479 e. The molecule has 0 fully saturated rings. The standard InChI is InChI=1S/C4H6O8S/c5-3(6)1-11-13(9,10)12-2-4(7)8/h1-2H2,(H,5,6)(H,7,8). The number of carboxylic acid groups (broad SMARTS) is 2. The Kier molecular flexibility index (Phi) is 4.31. The van der Waals surface area contributed by atoms with Crippen molar-refractivity contribution in [3.8, 4) is 0 Å². The molecule has 8 nitrogen and oxygen atoms in total. The van der Waals surface area contributed by atoms with Gasteiger partial charge >= 0.3 is 22.3 Å². The summed E-state index contributed by atoms with van der Waals surface area (Å²) in [6.45, 7) is -2.22. The Morgan fingerprint density at radius 1 is 1.00 bits per heavy atom. The van der Waals surface area contributed by atoms with Crippen LogP contribution in [0.15, 0.2) is 0 Å². The summed E-state index contributed by atoms with van der Waals surface area (Å²) in [6.07, 6.45) is 0. The van der Waals surface area contributed by atoms with Gasteiger partial charge in [-0.1, -0.05) is 0 Å². The molecule has 0 rings (SSSR count). The third-order valence-corrected chi connectivity index (χ3v) is 1.47. The molecule has 0 radical (unpaired) electrons. The minimum absolute atomic E-state index is 1.11. The first-order valence-corrected chi connectivity index (χ1v) is 4.14. The average Bonchev–Trinajstić information content (AvgIpc) is 1.98. The van der Waals surface area contributed by atoms with Gasteiger partial charge in [0.15, 0.2) is 13.2 Å². The van der Waals surface area contributed by atoms with Crippen LogP contribution in [0.4, 0.5) is 0 Å². The van der Waals surface area contributed by atoms with Crippen LogP contribution in [0, 0.1) is 0 Å². The number of carboxylic acids is 2. The number of aliphatic carboxylic acids is 2. The normalized spacial score (nSPS) is 11.1. The average molecular weight is 214 g/mol. The summed E-state index contributed by atoms with van der Waals surface area (Å²) in [5.41, 5.74) is 0. The van der Waals surface area contributed by atoms with E-state index in [1.807, 2.05) is 0 Å². The van der Waals surface area contributed by atoms with Crippen molar-refractivity contribution in [1.29, 1.82) is 0 Å². The van der Waals surface area contributed by atoms with Crippen LogP contribution in [0.5, 0.6) is 0 Å². The lowest BCUT2D eigenvalue weighted by atomic mass is 10.8. The summed E-state index contributed by atoms with van der Waals surface area (Å²) < 4.78 is 28.4. The molecule has 0 saturated heterocycles. The molecule has 0 spiro atoms. The monoisotopic (exact) mass is 214 g/mol. The summed E-state index contributed by atoms with van der Waals surface area (Å²) >= 11 is 0. The van der Waals surface area contributed by atoms with E-state index >= 15 is 0 Å². The van der Waals surface area contributed by atoms with Gasteiger partial charge in [-0.3, -0.25) is 0 Å². The maximum absolute atomic E-state index is 10.5. The first-order chi connectivity index (χ1) is 5.83. The fraction of sp³-hybridized carbons (Fsp3) is 0.500. The van der Waals surface area contributed by atoms with Crippen molar-refractivity contribution in [3.63, 3.8) is 0 Å². The van der Waals surface area contributed by atoms with Gasteiger partial charge in [0.1, 0.15) is 0 Å². The Bertz CT molecular complexity index is 265. The lowest BCUT2D eigenvalue weighted by Gasteiger charge is -2.00. The molecule has 0 unspecified atom stereocenters. The zero-order chi connectivity index (χ0) is 10.5. The molecule has 13 heavy (non-hydrogen) atoms. The molecule has 0 aromatic rings. The summed E-state index contributed by atoms with van der Waals surface area (Å²) in [7, 11) is -4.53. The van der Waals surface area contributed by atoms with E-state index in [-0.39, 0.29) is 0 Å². The Balaban J connectivity index is 3.95. The van der Waals surface area contributed by atoms with E-state index < -0.39 is 35.6 Å². The molecule has 9 heteroatoms. The van der Waals surface area contributed by atoms with Crippen LogP contribution >= 0.6 is 0 Å². The van der Waals surface area contributed by atoms with E-state index in [1.54, 1.807) is 0 Å². The molecule has 0 aliphatic carbocycles. The molecule has 0 aliphatic rings. The quantitative estimate of drug-likeness (QED) is 0.543. The molecule has 0 amide bonds. The van der Waals surface area contributed by atoms with Crippen LogP contribution in [0.2, 0.25) is 0 Å². The van der Waals surface area contributed by atoms with Gasteiger partial charge in [-0.05, 0) is 0 Å². The number of rotatable bonds is 6. The highest BCUT2D eigenvalue weighted by atomic mass is 32.3. The van der Waals surface area contributed by atoms with Gasteiger partial charge in [0.05, 0.1) is 0 Å². The molecule has 0 aromatic carbocycles. The van der Waals surface area contributed by atoms with Gasteiger partial charge < -0.3 is 10.2 Å². The van der Waals surface area contributed by atoms with Gasteiger partial charge in [0, 0.05) is 0 Å². The predicted molar refractivity (Wildman–Crippen MR) is 36.1 cm³/mol. The van der Waals surface area contributed by atoms with Gasteiger partial charge in [-0.2, -0.15) is 8.42 Å². The summed E-state index contributed by atoms with van der Waals surface area (Å²) in [6, 6.07) is 0. The molecule has 0 heterocycles. The van der Waals surface area contributed by atoms with E-state index in [1.165, 1.54) is 0 Å². The first kappa shape index (κ1) is 11.8. The highest BCUT2D eigenvalue weighted by molar-refractivity contribution is 7.81. The van der Waals surface area contributed by atoms with Gasteiger partial charge in [-0.25, -0.2) is 18.0 Å². The van der Waals surface area contributed by atoms with E-state index in [9.17, 15) is 18.0 Å². The zero-order valence-electron chi connectivity index (χ0n) is 6.17.